The minimum atomic E-state index is -4.70. The average Bonchev–Trinajstić information content (AvgIpc) is 2.81. The van der Waals surface area contributed by atoms with Gasteiger partial charge in [0.1, 0.15) is 5.75 Å². The third-order valence-corrected chi connectivity index (χ3v) is 6.17. The molecule has 0 bridgehead atoms. The highest BCUT2D eigenvalue weighted by Gasteiger charge is 2.31. The molecule has 0 saturated carbocycles. The fourth-order valence-electron chi connectivity index (χ4n) is 4.37. The quantitative estimate of drug-likeness (QED) is 0.728. The molecule has 9 heteroatoms. The van der Waals surface area contributed by atoms with Crippen molar-refractivity contribution < 1.29 is 22.7 Å². The molecule has 2 aromatic rings. The smallest absolute Gasteiger partial charge is 0.406 e. The first-order valence-corrected chi connectivity index (χ1v) is 11.3. The summed E-state index contributed by atoms with van der Waals surface area (Å²) in [7, 11) is 0. The minimum Gasteiger partial charge on any atom is -0.406 e. The van der Waals surface area contributed by atoms with Gasteiger partial charge in [-0.1, -0.05) is 30.3 Å². The van der Waals surface area contributed by atoms with Crippen molar-refractivity contribution in [1.82, 2.24) is 15.1 Å². The number of likely N-dealkylation sites (tertiary alicyclic amines) is 1. The van der Waals surface area contributed by atoms with E-state index in [1.165, 1.54) is 17.7 Å². The number of nitrogens with one attached hydrogen (secondary N) is 1. The van der Waals surface area contributed by atoms with Crippen LogP contribution in [0.5, 0.6) is 5.75 Å². The van der Waals surface area contributed by atoms with Gasteiger partial charge in [-0.25, -0.2) is 4.79 Å². The van der Waals surface area contributed by atoms with E-state index in [1.54, 1.807) is 12.1 Å². The Labute approximate surface area is 191 Å². The van der Waals surface area contributed by atoms with Crippen molar-refractivity contribution in [2.24, 2.45) is 0 Å². The highest BCUT2D eigenvalue weighted by molar-refractivity contribution is 5.75. The predicted octanol–water partition coefficient (Wildman–Crippen LogP) is 4.08. The van der Waals surface area contributed by atoms with Crippen LogP contribution in [0.15, 0.2) is 54.6 Å². The van der Waals surface area contributed by atoms with Gasteiger partial charge in [0.25, 0.3) is 0 Å². The summed E-state index contributed by atoms with van der Waals surface area (Å²) in [5, 5.41) is 3.18. The molecule has 2 aliphatic rings. The number of halogens is 3. The molecule has 2 amide bonds. The molecule has 0 unspecified atom stereocenters. The maximum Gasteiger partial charge on any atom is 0.573 e. The fourth-order valence-corrected chi connectivity index (χ4v) is 4.37. The summed E-state index contributed by atoms with van der Waals surface area (Å²) in [6.07, 6.45) is -2.82. The Morgan fingerprint density at radius 2 is 1.55 bits per heavy atom. The Bertz CT molecular complexity index is 892. The van der Waals surface area contributed by atoms with Gasteiger partial charge < -0.3 is 19.9 Å². The number of carbonyl (C=O) groups is 1. The maximum absolute atomic E-state index is 12.7. The molecule has 4 rings (SSSR count). The highest BCUT2D eigenvalue weighted by Crippen LogP contribution is 2.26. The van der Waals surface area contributed by atoms with E-state index >= 15 is 0 Å². The van der Waals surface area contributed by atoms with Crippen molar-refractivity contribution in [3.63, 3.8) is 0 Å². The lowest BCUT2D eigenvalue weighted by atomic mass is 10.0. The van der Waals surface area contributed by atoms with Gasteiger partial charge in [-0.15, -0.1) is 13.2 Å². The molecule has 178 valence electrons. The molecule has 2 fully saturated rings. The molecule has 0 radical (unpaired) electrons. The number of carbonyl (C=O) groups excluding carboxylic acids is 1. The van der Waals surface area contributed by atoms with Gasteiger partial charge >= 0.3 is 12.4 Å². The molecular weight excluding hydrogens is 433 g/mol. The number of rotatable bonds is 5. The van der Waals surface area contributed by atoms with Crippen molar-refractivity contribution in [1.29, 1.82) is 0 Å². The lowest BCUT2D eigenvalue weighted by molar-refractivity contribution is -0.274. The largest absolute Gasteiger partial charge is 0.573 e. The van der Waals surface area contributed by atoms with Crippen molar-refractivity contribution >= 4 is 11.7 Å². The van der Waals surface area contributed by atoms with E-state index in [-0.39, 0.29) is 17.8 Å². The zero-order valence-electron chi connectivity index (χ0n) is 18.4. The molecule has 33 heavy (non-hydrogen) atoms. The van der Waals surface area contributed by atoms with Gasteiger partial charge in [0.15, 0.2) is 0 Å². The molecule has 0 atom stereocenters. The van der Waals surface area contributed by atoms with E-state index in [1.807, 2.05) is 11.0 Å². The summed E-state index contributed by atoms with van der Waals surface area (Å²) < 4.78 is 40.9. The zero-order chi connectivity index (χ0) is 23.3. The van der Waals surface area contributed by atoms with Gasteiger partial charge in [0.2, 0.25) is 0 Å². The minimum absolute atomic E-state index is 0.0370. The van der Waals surface area contributed by atoms with Gasteiger partial charge in [0.05, 0.1) is 0 Å². The molecule has 0 aliphatic carbocycles. The summed E-state index contributed by atoms with van der Waals surface area (Å²) in [5.41, 5.74) is 2.12. The van der Waals surface area contributed by atoms with Gasteiger partial charge in [0, 0.05) is 57.5 Å². The Morgan fingerprint density at radius 1 is 0.909 bits per heavy atom. The van der Waals surface area contributed by atoms with Crippen LogP contribution >= 0.6 is 0 Å². The van der Waals surface area contributed by atoms with Gasteiger partial charge in [-0.2, -0.15) is 0 Å². The molecule has 0 spiro atoms. The van der Waals surface area contributed by atoms with Crippen molar-refractivity contribution in [2.75, 3.05) is 44.2 Å². The molecule has 2 aliphatic heterocycles. The number of urea groups is 1. The zero-order valence-corrected chi connectivity index (χ0v) is 18.4. The van der Waals surface area contributed by atoms with Crippen LogP contribution < -0.4 is 15.0 Å². The van der Waals surface area contributed by atoms with Gasteiger partial charge in [-0.3, -0.25) is 4.90 Å². The van der Waals surface area contributed by atoms with Crippen LogP contribution in [0.2, 0.25) is 0 Å². The number of anilines is 1. The summed E-state index contributed by atoms with van der Waals surface area (Å²) in [4.78, 5) is 19.0. The third kappa shape index (κ3) is 6.77. The number of ether oxygens (including phenoxy) is 1. The Balaban J connectivity index is 1.18. The molecule has 2 saturated heterocycles. The van der Waals surface area contributed by atoms with E-state index in [4.69, 9.17) is 0 Å². The van der Waals surface area contributed by atoms with Crippen LogP contribution in [-0.2, 0) is 6.54 Å². The number of amides is 2. The maximum atomic E-state index is 12.7. The van der Waals surface area contributed by atoms with E-state index in [0.29, 0.717) is 26.2 Å². The Hall–Kier alpha value is -2.94. The molecule has 0 aromatic heterocycles. The van der Waals surface area contributed by atoms with E-state index < -0.39 is 6.36 Å². The van der Waals surface area contributed by atoms with Crippen LogP contribution in [0.1, 0.15) is 18.4 Å². The molecular formula is C24H29F3N4O2. The van der Waals surface area contributed by atoms with Crippen LogP contribution in [0.3, 0.4) is 0 Å². The van der Waals surface area contributed by atoms with E-state index in [9.17, 15) is 18.0 Å². The SMILES string of the molecule is O=C(NC1CCN(Cc2ccccc2)CC1)N1CCN(c2ccc(OC(F)(F)F)cc2)CC1. The van der Waals surface area contributed by atoms with Crippen molar-refractivity contribution in [3.8, 4) is 5.75 Å². The average molecular weight is 463 g/mol. The van der Waals surface area contributed by atoms with Gasteiger partial charge in [-0.05, 0) is 42.7 Å². The monoisotopic (exact) mass is 462 g/mol. The summed E-state index contributed by atoms with van der Waals surface area (Å²) >= 11 is 0. The van der Waals surface area contributed by atoms with Crippen LogP contribution in [-0.4, -0.2) is 67.5 Å². The number of piperidine rings is 1. The number of benzene rings is 2. The number of hydrogen-bond donors (Lipinski definition) is 1. The number of alkyl halides is 3. The molecule has 2 heterocycles. The van der Waals surface area contributed by atoms with Crippen LogP contribution in [0.4, 0.5) is 23.7 Å². The second-order valence-electron chi connectivity index (χ2n) is 8.50. The van der Waals surface area contributed by atoms with E-state index in [2.05, 4.69) is 44.1 Å². The molecule has 6 nitrogen and oxygen atoms in total. The lowest BCUT2D eigenvalue weighted by Crippen LogP contribution is -2.54. The first-order chi connectivity index (χ1) is 15.9. The first-order valence-electron chi connectivity index (χ1n) is 11.3. The topological polar surface area (TPSA) is 48.1 Å². The second kappa shape index (κ2) is 10.3. The van der Waals surface area contributed by atoms with Crippen LogP contribution in [0, 0.1) is 0 Å². The molecule has 1 N–H and O–H groups in total. The number of nitrogens with zero attached hydrogens (tertiary/aromatic N) is 3. The predicted molar refractivity (Wildman–Crippen MR) is 120 cm³/mol. The number of piperazine rings is 1. The first kappa shape index (κ1) is 23.2. The highest BCUT2D eigenvalue weighted by atomic mass is 19.4. The van der Waals surface area contributed by atoms with Crippen molar-refractivity contribution in [2.45, 2.75) is 31.8 Å². The normalized spacial score (nSPS) is 18.3. The van der Waals surface area contributed by atoms with Crippen LogP contribution in [0.25, 0.3) is 0 Å². The lowest BCUT2D eigenvalue weighted by Gasteiger charge is -2.38. The Kier molecular flexibility index (Phi) is 7.27. The van der Waals surface area contributed by atoms with Crippen molar-refractivity contribution in [3.05, 3.63) is 60.2 Å². The number of hydrogen-bond acceptors (Lipinski definition) is 4. The molecule has 2 aromatic carbocycles. The summed E-state index contributed by atoms with van der Waals surface area (Å²) in [6.45, 7) is 5.25. The second-order valence-corrected chi connectivity index (χ2v) is 8.50. The van der Waals surface area contributed by atoms with E-state index in [0.717, 1.165) is 38.2 Å². The third-order valence-electron chi connectivity index (χ3n) is 6.17. The summed E-state index contributed by atoms with van der Waals surface area (Å²) in [6, 6.07) is 16.4. The standard InChI is InChI=1S/C24H29F3N4O2/c25-24(26,27)33-22-8-6-21(7-9-22)30-14-16-31(17-15-30)23(32)28-20-10-12-29(13-11-20)18-19-4-2-1-3-5-19/h1-9,20H,10-18H2,(H,28,32). The summed E-state index contributed by atoms with van der Waals surface area (Å²) in [5.74, 6) is -0.237. The Morgan fingerprint density at radius 3 is 2.15 bits per heavy atom. The fraction of sp³-hybridized carbons (Fsp3) is 0.458.